The molecule has 1 aliphatic rings. The molecule has 0 spiro atoms. The van der Waals surface area contributed by atoms with Gasteiger partial charge >= 0.3 is 0 Å². The van der Waals surface area contributed by atoms with E-state index in [9.17, 15) is 4.79 Å². The summed E-state index contributed by atoms with van der Waals surface area (Å²) < 4.78 is 0. The third-order valence-electron chi connectivity index (χ3n) is 1.41. The van der Waals surface area contributed by atoms with Crippen LogP contribution in [0.15, 0.2) is 0 Å². The van der Waals surface area contributed by atoms with Gasteiger partial charge in [-0.3, -0.25) is 9.80 Å². The molecule has 51 valence electrons. The molecule has 0 aromatic rings. The van der Waals surface area contributed by atoms with E-state index in [-0.39, 0.29) is 5.91 Å². The van der Waals surface area contributed by atoms with Crippen LogP contribution < -0.4 is 5.43 Å². The number of carbonyl (C=O) groups is 1. The third kappa shape index (κ3) is 1.68. The lowest BCUT2D eigenvalue weighted by molar-refractivity contribution is -0.133. The fourth-order valence-corrected chi connectivity index (χ4v) is 0.893. The van der Waals surface area contributed by atoms with Crippen molar-refractivity contribution in [1.82, 2.24) is 10.4 Å². The van der Waals surface area contributed by atoms with Gasteiger partial charge < -0.3 is 0 Å². The first-order chi connectivity index (χ1) is 4.30. The summed E-state index contributed by atoms with van der Waals surface area (Å²) in [4.78, 5) is 10.6. The van der Waals surface area contributed by atoms with E-state index in [1.54, 1.807) is 11.9 Å². The fourth-order valence-electron chi connectivity index (χ4n) is 0.893. The summed E-state index contributed by atoms with van der Waals surface area (Å²) in [5, 5.41) is 1.55. The Bertz CT molecular complexity index is 108. The monoisotopic (exact) mass is 127 g/mol. The summed E-state index contributed by atoms with van der Waals surface area (Å²) >= 11 is 0. The Labute approximate surface area is 55.0 Å². The van der Waals surface area contributed by atoms with Crippen LogP contribution in [0, 0.1) is 0 Å². The number of rotatable bonds is 0. The zero-order valence-corrected chi connectivity index (χ0v) is 5.63. The average molecular weight is 127 g/mol. The smallest absolute Gasteiger partial charge is 0.234 e. The SMILES string of the molecule is CC(=O)N1CCCC[N]1. The van der Waals surface area contributed by atoms with Crippen molar-refractivity contribution < 1.29 is 4.79 Å². The summed E-state index contributed by atoms with van der Waals surface area (Å²) in [5.74, 6) is 0.0645. The summed E-state index contributed by atoms with van der Waals surface area (Å²) in [7, 11) is 0. The van der Waals surface area contributed by atoms with Crippen LogP contribution in [0.5, 0.6) is 0 Å². The second kappa shape index (κ2) is 2.82. The van der Waals surface area contributed by atoms with Crippen LogP contribution >= 0.6 is 0 Å². The van der Waals surface area contributed by atoms with Crippen molar-refractivity contribution in [1.29, 1.82) is 0 Å². The molecule has 3 nitrogen and oxygen atoms in total. The molecule has 0 unspecified atom stereocenters. The Morgan fingerprint density at radius 1 is 1.56 bits per heavy atom. The molecule has 1 heterocycles. The Morgan fingerprint density at radius 3 is 2.67 bits per heavy atom. The van der Waals surface area contributed by atoms with Gasteiger partial charge in [-0.2, -0.15) is 0 Å². The highest BCUT2D eigenvalue weighted by molar-refractivity contribution is 5.72. The quantitative estimate of drug-likeness (QED) is 0.456. The van der Waals surface area contributed by atoms with E-state index in [0.29, 0.717) is 0 Å². The van der Waals surface area contributed by atoms with E-state index in [0.717, 1.165) is 25.9 Å². The van der Waals surface area contributed by atoms with E-state index >= 15 is 0 Å². The Hall–Kier alpha value is -0.570. The molecule has 1 radical (unpaired) electrons. The van der Waals surface area contributed by atoms with Crippen LogP contribution in [0.2, 0.25) is 0 Å². The highest BCUT2D eigenvalue weighted by Gasteiger charge is 2.12. The minimum Gasteiger partial charge on any atom is -0.274 e. The molecule has 1 saturated heterocycles. The van der Waals surface area contributed by atoms with Crippen molar-refractivity contribution in [2.75, 3.05) is 13.1 Å². The van der Waals surface area contributed by atoms with Crippen molar-refractivity contribution in [3.8, 4) is 0 Å². The minimum absolute atomic E-state index is 0.0645. The molecule has 0 atom stereocenters. The summed E-state index contributed by atoms with van der Waals surface area (Å²) in [6.45, 7) is 3.18. The van der Waals surface area contributed by atoms with E-state index in [2.05, 4.69) is 5.43 Å². The van der Waals surface area contributed by atoms with Crippen LogP contribution in [0.3, 0.4) is 0 Å². The Morgan fingerprint density at radius 2 is 2.33 bits per heavy atom. The summed E-state index contributed by atoms with van der Waals surface area (Å²) in [6.07, 6.45) is 2.23. The first kappa shape index (κ1) is 6.55. The number of hydrogen-bond donors (Lipinski definition) is 0. The normalized spacial score (nSPS) is 19.9. The van der Waals surface area contributed by atoms with Gasteiger partial charge in [-0.15, -0.1) is 5.43 Å². The summed E-state index contributed by atoms with van der Waals surface area (Å²) in [5.41, 5.74) is 4.01. The number of carbonyl (C=O) groups excluding carboxylic acids is 1. The van der Waals surface area contributed by atoms with Gasteiger partial charge in [0.05, 0.1) is 0 Å². The molecule has 0 bridgehead atoms. The number of hydrogen-bond acceptors (Lipinski definition) is 1. The van der Waals surface area contributed by atoms with Crippen molar-refractivity contribution in [2.45, 2.75) is 19.8 Å². The molecule has 9 heavy (non-hydrogen) atoms. The van der Waals surface area contributed by atoms with Gasteiger partial charge in [0.1, 0.15) is 0 Å². The maximum atomic E-state index is 10.6. The second-order valence-corrected chi connectivity index (χ2v) is 2.21. The van der Waals surface area contributed by atoms with Crippen LogP contribution in [0.1, 0.15) is 19.8 Å². The molecular weight excluding hydrogens is 116 g/mol. The van der Waals surface area contributed by atoms with Crippen LogP contribution in [-0.2, 0) is 4.79 Å². The molecule has 3 heteroatoms. The molecule has 0 aromatic heterocycles. The van der Waals surface area contributed by atoms with Crippen LogP contribution in [0.4, 0.5) is 0 Å². The fraction of sp³-hybridized carbons (Fsp3) is 0.833. The highest BCUT2D eigenvalue weighted by atomic mass is 16.2. The highest BCUT2D eigenvalue weighted by Crippen LogP contribution is 2.00. The van der Waals surface area contributed by atoms with Crippen LogP contribution in [0.25, 0.3) is 0 Å². The van der Waals surface area contributed by atoms with Crippen molar-refractivity contribution in [3.05, 3.63) is 0 Å². The lowest BCUT2D eigenvalue weighted by Crippen LogP contribution is -2.40. The molecule has 1 amide bonds. The molecule has 0 aliphatic carbocycles. The van der Waals surface area contributed by atoms with Gasteiger partial charge in [0.15, 0.2) is 0 Å². The molecule has 0 aromatic carbocycles. The second-order valence-electron chi connectivity index (χ2n) is 2.21. The predicted molar refractivity (Wildman–Crippen MR) is 33.6 cm³/mol. The van der Waals surface area contributed by atoms with Crippen molar-refractivity contribution in [2.24, 2.45) is 0 Å². The zero-order valence-electron chi connectivity index (χ0n) is 5.63. The summed E-state index contributed by atoms with van der Waals surface area (Å²) in [6, 6.07) is 0. The average Bonchev–Trinajstić information content (AvgIpc) is 1.90. The first-order valence-electron chi connectivity index (χ1n) is 3.26. The molecule has 1 aliphatic heterocycles. The minimum atomic E-state index is 0.0645. The van der Waals surface area contributed by atoms with Gasteiger partial charge in [-0.1, -0.05) is 0 Å². The van der Waals surface area contributed by atoms with Gasteiger partial charge in [-0.05, 0) is 12.8 Å². The molecule has 1 rings (SSSR count). The van der Waals surface area contributed by atoms with Gasteiger partial charge in [0.2, 0.25) is 5.91 Å². The lowest BCUT2D eigenvalue weighted by Gasteiger charge is -2.23. The topological polar surface area (TPSA) is 34.4 Å². The van der Waals surface area contributed by atoms with Crippen LogP contribution in [-0.4, -0.2) is 24.0 Å². The van der Waals surface area contributed by atoms with E-state index in [1.165, 1.54) is 0 Å². The lowest BCUT2D eigenvalue weighted by atomic mass is 10.3. The van der Waals surface area contributed by atoms with Gasteiger partial charge in [-0.25, -0.2) is 0 Å². The van der Waals surface area contributed by atoms with Crippen molar-refractivity contribution in [3.63, 3.8) is 0 Å². The largest absolute Gasteiger partial charge is 0.274 e. The Kier molecular flexibility index (Phi) is 2.05. The number of amides is 1. The molecule has 0 saturated carbocycles. The maximum absolute atomic E-state index is 10.6. The standard InChI is InChI=1S/C6H11N2O/c1-6(9)8-5-3-2-4-7-8/h2-5H2,1H3. The predicted octanol–water partition coefficient (Wildman–Crippen LogP) is 0.148. The molecule has 0 N–H and O–H groups in total. The maximum Gasteiger partial charge on any atom is 0.234 e. The Balaban J connectivity index is 2.31. The molecule has 1 fully saturated rings. The molecular formula is C6H11N2O. The van der Waals surface area contributed by atoms with E-state index in [1.807, 2.05) is 0 Å². The zero-order chi connectivity index (χ0) is 6.69. The van der Waals surface area contributed by atoms with E-state index in [4.69, 9.17) is 0 Å². The van der Waals surface area contributed by atoms with Crippen molar-refractivity contribution >= 4 is 5.91 Å². The first-order valence-corrected chi connectivity index (χ1v) is 3.26. The van der Waals surface area contributed by atoms with Gasteiger partial charge in [0.25, 0.3) is 0 Å². The third-order valence-corrected chi connectivity index (χ3v) is 1.41. The van der Waals surface area contributed by atoms with Gasteiger partial charge in [0, 0.05) is 20.0 Å². The number of nitrogens with zero attached hydrogens (tertiary/aromatic N) is 2. The van der Waals surface area contributed by atoms with E-state index < -0.39 is 0 Å².